The van der Waals surface area contributed by atoms with Crippen molar-refractivity contribution in [3.63, 3.8) is 0 Å². The quantitative estimate of drug-likeness (QED) is 0.532. The highest BCUT2D eigenvalue weighted by atomic mass is 79.9. The van der Waals surface area contributed by atoms with Gasteiger partial charge >= 0.3 is 0 Å². The van der Waals surface area contributed by atoms with E-state index in [2.05, 4.69) is 52.4 Å². The van der Waals surface area contributed by atoms with Crippen LogP contribution < -0.4 is 14.8 Å². The lowest BCUT2D eigenvalue weighted by atomic mass is 10.1. The van der Waals surface area contributed by atoms with Crippen molar-refractivity contribution < 1.29 is 14.3 Å². The molecule has 1 amide bonds. The maximum absolute atomic E-state index is 11.7. The Kier molecular flexibility index (Phi) is 7.95. The van der Waals surface area contributed by atoms with Gasteiger partial charge in [-0.05, 0) is 44.0 Å². The van der Waals surface area contributed by atoms with E-state index in [4.69, 9.17) is 9.47 Å². The van der Waals surface area contributed by atoms with E-state index in [9.17, 15) is 4.79 Å². The molecule has 1 N–H and O–H groups in total. The van der Waals surface area contributed by atoms with E-state index in [1.54, 1.807) is 7.11 Å². The molecule has 0 aliphatic carbocycles. The van der Waals surface area contributed by atoms with Gasteiger partial charge in [0.25, 0.3) is 0 Å². The molecule has 1 saturated heterocycles. The lowest BCUT2D eigenvalue weighted by molar-refractivity contribution is -0.127. The van der Waals surface area contributed by atoms with Gasteiger partial charge in [0.05, 0.1) is 7.11 Å². The minimum atomic E-state index is 0.285. The smallest absolute Gasteiger partial charge is 0.222 e. The number of benzene rings is 2. The van der Waals surface area contributed by atoms with Crippen LogP contribution in [0.15, 0.2) is 40.9 Å². The van der Waals surface area contributed by atoms with Gasteiger partial charge in [-0.2, -0.15) is 0 Å². The minimum Gasteiger partial charge on any atom is -0.493 e. The van der Waals surface area contributed by atoms with E-state index < -0.39 is 0 Å². The molecular weight excluding hydrogens is 432 g/mol. The summed E-state index contributed by atoms with van der Waals surface area (Å²) in [7, 11) is 1.66. The summed E-state index contributed by atoms with van der Waals surface area (Å²) < 4.78 is 12.7. The number of amides is 1. The molecule has 6 heteroatoms. The molecule has 1 heterocycles. The van der Waals surface area contributed by atoms with E-state index in [1.807, 2.05) is 17.0 Å². The predicted octanol–water partition coefficient (Wildman–Crippen LogP) is 4.45. The number of hydrogen-bond donors (Lipinski definition) is 1. The van der Waals surface area contributed by atoms with Crippen LogP contribution in [0.3, 0.4) is 0 Å². The van der Waals surface area contributed by atoms with Gasteiger partial charge in [0.1, 0.15) is 6.61 Å². The van der Waals surface area contributed by atoms with Crippen molar-refractivity contribution in [2.24, 2.45) is 0 Å². The molecule has 29 heavy (non-hydrogen) atoms. The fourth-order valence-electron chi connectivity index (χ4n) is 3.45. The van der Waals surface area contributed by atoms with Crippen molar-refractivity contribution in [1.29, 1.82) is 0 Å². The molecule has 2 aromatic rings. The molecular formula is C23H29BrN2O3. The normalized spacial score (nSPS) is 13.8. The third kappa shape index (κ3) is 5.97. The Hall–Kier alpha value is -2.05. The average Bonchev–Trinajstić information content (AvgIpc) is 3.13. The number of rotatable bonds is 10. The molecule has 0 aromatic heterocycles. The second kappa shape index (κ2) is 10.6. The highest BCUT2D eigenvalue weighted by Gasteiger charge is 2.19. The van der Waals surface area contributed by atoms with Crippen LogP contribution in [0.1, 0.15) is 36.0 Å². The molecule has 1 aliphatic heterocycles. The zero-order valence-electron chi connectivity index (χ0n) is 17.2. The number of ether oxygens (including phenoxy) is 2. The van der Waals surface area contributed by atoms with Gasteiger partial charge in [0.2, 0.25) is 5.91 Å². The van der Waals surface area contributed by atoms with Crippen LogP contribution >= 0.6 is 15.9 Å². The van der Waals surface area contributed by atoms with Gasteiger partial charge in [0.15, 0.2) is 11.5 Å². The van der Waals surface area contributed by atoms with E-state index in [1.165, 1.54) is 5.56 Å². The van der Waals surface area contributed by atoms with Gasteiger partial charge in [-0.15, -0.1) is 0 Å². The van der Waals surface area contributed by atoms with Crippen LogP contribution in [0.4, 0.5) is 0 Å². The van der Waals surface area contributed by atoms with E-state index in [0.29, 0.717) is 19.6 Å². The van der Waals surface area contributed by atoms with Crippen molar-refractivity contribution >= 4 is 21.8 Å². The summed E-state index contributed by atoms with van der Waals surface area (Å²) in [5.41, 5.74) is 3.38. The van der Waals surface area contributed by atoms with Gasteiger partial charge in [-0.25, -0.2) is 0 Å². The SMILES string of the molecule is COc1ccc(Br)c(CNCCCN2CCCC2=O)c1OCc1ccc(C)cc1. The second-order valence-electron chi connectivity index (χ2n) is 7.35. The van der Waals surface area contributed by atoms with Crippen LogP contribution in [-0.2, 0) is 17.9 Å². The molecule has 156 valence electrons. The van der Waals surface area contributed by atoms with Crippen LogP contribution in [0, 0.1) is 6.92 Å². The Labute approximate surface area is 181 Å². The van der Waals surface area contributed by atoms with Crippen molar-refractivity contribution in [2.45, 2.75) is 39.3 Å². The molecule has 2 aromatic carbocycles. The standard InChI is InChI=1S/C23H29BrN2O3/c1-17-6-8-18(9-7-17)16-29-23-19(20(24)10-11-21(23)28-2)15-25-12-4-14-26-13-3-5-22(26)27/h6-11,25H,3-5,12-16H2,1-2H3. The molecule has 3 rings (SSSR count). The first-order chi connectivity index (χ1) is 14.1. The summed E-state index contributed by atoms with van der Waals surface area (Å²) in [6.07, 6.45) is 2.63. The Morgan fingerprint density at radius 3 is 2.66 bits per heavy atom. The number of carbonyl (C=O) groups is 1. The Morgan fingerprint density at radius 1 is 1.17 bits per heavy atom. The summed E-state index contributed by atoms with van der Waals surface area (Å²) in [5, 5.41) is 3.48. The van der Waals surface area contributed by atoms with Gasteiger partial charge in [-0.1, -0.05) is 45.8 Å². The zero-order chi connectivity index (χ0) is 20.6. The topological polar surface area (TPSA) is 50.8 Å². The Morgan fingerprint density at radius 2 is 1.97 bits per heavy atom. The molecule has 0 atom stereocenters. The van der Waals surface area contributed by atoms with Crippen molar-refractivity contribution in [1.82, 2.24) is 10.2 Å². The number of methoxy groups -OCH3 is 1. The lowest BCUT2D eigenvalue weighted by Crippen LogP contribution is -2.28. The fraction of sp³-hybridized carbons (Fsp3) is 0.435. The molecule has 1 aliphatic rings. The summed E-state index contributed by atoms with van der Waals surface area (Å²) >= 11 is 3.65. The highest BCUT2D eigenvalue weighted by Crippen LogP contribution is 2.36. The molecule has 0 radical (unpaired) electrons. The first-order valence-electron chi connectivity index (χ1n) is 10.1. The third-order valence-corrected chi connectivity index (χ3v) is 5.89. The first kappa shape index (κ1) is 21.7. The van der Waals surface area contributed by atoms with Gasteiger partial charge < -0.3 is 19.7 Å². The maximum atomic E-state index is 11.7. The van der Waals surface area contributed by atoms with E-state index in [0.717, 1.165) is 59.6 Å². The van der Waals surface area contributed by atoms with Crippen molar-refractivity contribution in [3.8, 4) is 11.5 Å². The lowest BCUT2D eigenvalue weighted by Gasteiger charge is -2.18. The van der Waals surface area contributed by atoms with Crippen LogP contribution in [0.25, 0.3) is 0 Å². The number of nitrogens with zero attached hydrogens (tertiary/aromatic N) is 1. The number of hydrogen-bond acceptors (Lipinski definition) is 4. The molecule has 1 fully saturated rings. The number of carbonyl (C=O) groups excluding carboxylic acids is 1. The second-order valence-corrected chi connectivity index (χ2v) is 8.20. The van der Waals surface area contributed by atoms with Crippen molar-refractivity contribution in [3.05, 3.63) is 57.6 Å². The summed E-state index contributed by atoms with van der Waals surface area (Å²) in [6.45, 7) is 5.78. The highest BCUT2D eigenvalue weighted by molar-refractivity contribution is 9.10. The molecule has 0 saturated carbocycles. The van der Waals surface area contributed by atoms with Gasteiger partial charge in [-0.3, -0.25) is 4.79 Å². The Bertz CT molecular complexity index is 824. The summed E-state index contributed by atoms with van der Waals surface area (Å²) in [4.78, 5) is 13.7. The number of likely N-dealkylation sites (tertiary alicyclic amines) is 1. The minimum absolute atomic E-state index is 0.285. The first-order valence-corrected chi connectivity index (χ1v) is 10.9. The number of aryl methyl sites for hydroxylation is 1. The number of nitrogens with one attached hydrogen (secondary N) is 1. The molecule has 5 nitrogen and oxygen atoms in total. The fourth-order valence-corrected chi connectivity index (χ4v) is 3.91. The number of halogens is 1. The van der Waals surface area contributed by atoms with Crippen LogP contribution in [-0.4, -0.2) is 37.6 Å². The summed E-state index contributed by atoms with van der Waals surface area (Å²) in [6, 6.07) is 12.2. The van der Waals surface area contributed by atoms with E-state index >= 15 is 0 Å². The van der Waals surface area contributed by atoms with E-state index in [-0.39, 0.29) is 5.91 Å². The largest absolute Gasteiger partial charge is 0.493 e. The maximum Gasteiger partial charge on any atom is 0.222 e. The predicted molar refractivity (Wildman–Crippen MR) is 118 cm³/mol. The average molecular weight is 461 g/mol. The third-order valence-electron chi connectivity index (χ3n) is 5.15. The Balaban J connectivity index is 1.59. The monoisotopic (exact) mass is 460 g/mol. The molecule has 0 bridgehead atoms. The van der Waals surface area contributed by atoms with Crippen molar-refractivity contribution in [2.75, 3.05) is 26.7 Å². The zero-order valence-corrected chi connectivity index (χ0v) is 18.8. The van der Waals surface area contributed by atoms with Crippen LogP contribution in [0.5, 0.6) is 11.5 Å². The van der Waals surface area contributed by atoms with Crippen LogP contribution in [0.2, 0.25) is 0 Å². The van der Waals surface area contributed by atoms with Gasteiger partial charge in [0, 0.05) is 36.1 Å². The molecule has 0 unspecified atom stereocenters. The molecule has 0 spiro atoms. The summed E-state index contributed by atoms with van der Waals surface area (Å²) in [5.74, 6) is 1.76.